The van der Waals surface area contributed by atoms with Crippen molar-refractivity contribution in [3.05, 3.63) is 82.2 Å². The van der Waals surface area contributed by atoms with E-state index in [9.17, 15) is 4.79 Å². The maximum absolute atomic E-state index is 11.6. The largest absolute Gasteiger partial charge is 0.377 e. The molecular weight excluding hydrogens is 480 g/mol. The Balaban J connectivity index is 1.35. The molecule has 5 heterocycles. The van der Waals surface area contributed by atoms with E-state index in [2.05, 4.69) is 37.0 Å². The molecular formula is C28H30N8O2. The van der Waals surface area contributed by atoms with Gasteiger partial charge in [-0.1, -0.05) is 6.07 Å². The molecule has 0 bridgehead atoms. The van der Waals surface area contributed by atoms with Crippen molar-refractivity contribution < 1.29 is 4.74 Å². The summed E-state index contributed by atoms with van der Waals surface area (Å²) in [5, 5.41) is 3.23. The molecule has 10 nitrogen and oxygen atoms in total. The summed E-state index contributed by atoms with van der Waals surface area (Å²) in [5.74, 6) is 4.01. The Hall–Kier alpha value is -4.31. The molecule has 194 valence electrons. The van der Waals surface area contributed by atoms with Crippen LogP contribution in [0.3, 0.4) is 0 Å². The minimum absolute atomic E-state index is 0.148. The zero-order valence-corrected chi connectivity index (χ0v) is 21.5. The van der Waals surface area contributed by atoms with E-state index in [4.69, 9.17) is 14.7 Å². The number of nitrogens with one attached hydrogen (secondary N) is 2. The predicted octanol–water partition coefficient (Wildman–Crippen LogP) is 3.46. The van der Waals surface area contributed by atoms with E-state index in [1.54, 1.807) is 12.3 Å². The lowest BCUT2D eigenvalue weighted by molar-refractivity contribution is 0.0984. The molecule has 3 aromatic heterocycles. The molecule has 1 saturated heterocycles. The van der Waals surface area contributed by atoms with Gasteiger partial charge < -0.3 is 24.8 Å². The summed E-state index contributed by atoms with van der Waals surface area (Å²) in [7, 11) is 0. The van der Waals surface area contributed by atoms with E-state index in [0.717, 1.165) is 53.9 Å². The molecule has 4 aromatic rings. The highest BCUT2D eigenvalue weighted by atomic mass is 16.5. The fraction of sp³-hybridized carbons (Fsp3) is 0.321. The summed E-state index contributed by atoms with van der Waals surface area (Å²) in [4.78, 5) is 38.1. The van der Waals surface area contributed by atoms with Crippen LogP contribution in [0.15, 0.2) is 59.5 Å². The second kappa shape index (κ2) is 10.2. The van der Waals surface area contributed by atoms with Crippen LogP contribution in [0, 0.1) is 6.92 Å². The van der Waals surface area contributed by atoms with Gasteiger partial charge in [0.05, 0.1) is 31.5 Å². The molecule has 38 heavy (non-hydrogen) atoms. The number of benzene rings is 1. The van der Waals surface area contributed by atoms with E-state index >= 15 is 0 Å². The quantitative estimate of drug-likeness (QED) is 0.417. The highest BCUT2D eigenvalue weighted by Crippen LogP contribution is 2.33. The van der Waals surface area contributed by atoms with Crippen LogP contribution in [0.1, 0.15) is 24.0 Å². The molecule has 6 rings (SSSR count). The summed E-state index contributed by atoms with van der Waals surface area (Å²) in [6.45, 7) is 7.77. The Bertz CT molecular complexity index is 1500. The number of anilines is 4. The van der Waals surface area contributed by atoms with Gasteiger partial charge in [0, 0.05) is 42.2 Å². The molecule has 0 aliphatic carbocycles. The molecule has 1 fully saturated rings. The number of aromatic amines is 1. The molecule has 2 aliphatic heterocycles. The van der Waals surface area contributed by atoms with Crippen LogP contribution in [-0.2, 0) is 17.7 Å². The summed E-state index contributed by atoms with van der Waals surface area (Å²) in [5.41, 5.74) is 3.87. The van der Waals surface area contributed by atoms with E-state index in [1.807, 2.05) is 43.3 Å². The molecule has 10 heteroatoms. The fourth-order valence-electron chi connectivity index (χ4n) is 5.01. The normalized spacial score (nSPS) is 17.3. The molecule has 0 saturated carbocycles. The first-order chi connectivity index (χ1) is 18.5. The van der Waals surface area contributed by atoms with Crippen LogP contribution < -0.4 is 20.7 Å². The van der Waals surface area contributed by atoms with Crippen LogP contribution in [-0.4, -0.2) is 57.3 Å². The van der Waals surface area contributed by atoms with Crippen LogP contribution in [0.2, 0.25) is 0 Å². The van der Waals surface area contributed by atoms with Crippen molar-refractivity contribution in [3.8, 4) is 11.4 Å². The van der Waals surface area contributed by atoms with Gasteiger partial charge in [-0.25, -0.2) is 19.9 Å². The van der Waals surface area contributed by atoms with Crippen LogP contribution >= 0.6 is 0 Å². The summed E-state index contributed by atoms with van der Waals surface area (Å²) in [6, 6.07) is 15.2. The SMILES string of the molecule is Cc1nccc(N2CCc3c(nc(-c4ccc(Nc5cccc(=O)[nH]5)cc4)nc3N3CCOC[C@@H]3C)C2)n1. The minimum atomic E-state index is -0.148. The predicted molar refractivity (Wildman–Crippen MR) is 147 cm³/mol. The average molecular weight is 511 g/mol. The number of hydrogen-bond donors (Lipinski definition) is 2. The Morgan fingerprint density at radius 2 is 1.92 bits per heavy atom. The molecule has 1 aromatic carbocycles. The van der Waals surface area contributed by atoms with E-state index in [-0.39, 0.29) is 11.6 Å². The molecule has 1 atom stereocenters. The molecule has 0 radical (unpaired) electrons. The number of aromatic nitrogens is 5. The van der Waals surface area contributed by atoms with Gasteiger partial charge in [0.1, 0.15) is 23.3 Å². The third kappa shape index (κ3) is 4.95. The molecule has 2 aliphatic rings. The monoisotopic (exact) mass is 510 g/mol. The zero-order valence-electron chi connectivity index (χ0n) is 21.5. The molecule has 0 unspecified atom stereocenters. The van der Waals surface area contributed by atoms with Gasteiger partial charge in [0.15, 0.2) is 5.82 Å². The first-order valence-corrected chi connectivity index (χ1v) is 12.9. The first kappa shape index (κ1) is 24.1. The summed E-state index contributed by atoms with van der Waals surface area (Å²) >= 11 is 0. The summed E-state index contributed by atoms with van der Waals surface area (Å²) < 4.78 is 5.71. The van der Waals surface area contributed by atoms with E-state index < -0.39 is 0 Å². The number of hydrogen-bond acceptors (Lipinski definition) is 9. The lowest BCUT2D eigenvalue weighted by atomic mass is 10.0. The Labute approximate surface area is 220 Å². The average Bonchev–Trinajstić information content (AvgIpc) is 2.93. The third-order valence-electron chi connectivity index (χ3n) is 6.96. The van der Waals surface area contributed by atoms with Crippen molar-refractivity contribution in [1.29, 1.82) is 0 Å². The van der Waals surface area contributed by atoms with Crippen molar-refractivity contribution in [2.24, 2.45) is 0 Å². The number of aryl methyl sites for hydroxylation is 1. The highest BCUT2D eigenvalue weighted by Gasteiger charge is 2.29. The van der Waals surface area contributed by atoms with Crippen LogP contribution in [0.5, 0.6) is 0 Å². The number of rotatable bonds is 5. The van der Waals surface area contributed by atoms with Crippen molar-refractivity contribution in [3.63, 3.8) is 0 Å². The van der Waals surface area contributed by atoms with Gasteiger partial charge in [0.25, 0.3) is 0 Å². The lowest BCUT2D eigenvalue weighted by Crippen LogP contribution is -2.45. The van der Waals surface area contributed by atoms with Gasteiger partial charge in [-0.15, -0.1) is 0 Å². The maximum atomic E-state index is 11.6. The van der Waals surface area contributed by atoms with Crippen molar-refractivity contribution in [2.75, 3.05) is 41.4 Å². The zero-order chi connectivity index (χ0) is 26.1. The van der Waals surface area contributed by atoms with Crippen LogP contribution in [0.4, 0.5) is 23.1 Å². The second-order valence-electron chi connectivity index (χ2n) is 9.68. The van der Waals surface area contributed by atoms with Crippen molar-refractivity contribution in [1.82, 2.24) is 24.9 Å². The topological polar surface area (TPSA) is 112 Å². The van der Waals surface area contributed by atoms with Gasteiger partial charge in [-0.05, 0) is 56.7 Å². The van der Waals surface area contributed by atoms with Crippen molar-refractivity contribution in [2.45, 2.75) is 32.9 Å². The standard InChI is InChI=1S/C28H30N8O2/c1-18-17-38-15-14-36(18)28-22-11-13-35(25-10-12-29-19(2)30-25)16-23(22)32-27(34-28)20-6-8-21(9-7-20)31-24-4-3-5-26(37)33-24/h3-10,12,18H,11,13-17H2,1-2H3,(H2,31,33,37)/t18-/m0/s1. The summed E-state index contributed by atoms with van der Waals surface area (Å²) in [6.07, 6.45) is 2.65. The van der Waals surface area contributed by atoms with Gasteiger partial charge in [-0.2, -0.15) is 0 Å². The van der Waals surface area contributed by atoms with E-state index in [0.29, 0.717) is 31.4 Å². The number of morpholine rings is 1. The lowest BCUT2D eigenvalue weighted by Gasteiger charge is -2.38. The van der Waals surface area contributed by atoms with Crippen LogP contribution in [0.25, 0.3) is 11.4 Å². The number of ether oxygens (including phenoxy) is 1. The van der Waals surface area contributed by atoms with Gasteiger partial charge >= 0.3 is 0 Å². The number of nitrogens with zero attached hydrogens (tertiary/aromatic N) is 6. The number of fused-ring (bicyclic) bond motifs is 1. The van der Waals surface area contributed by atoms with Crippen molar-refractivity contribution >= 4 is 23.1 Å². The van der Waals surface area contributed by atoms with Gasteiger partial charge in [0.2, 0.25) is 5.56 Å². The number of H-pyrrole nitrogens is 1. The second-order valence-corrected chi connectivity index (χ2v) is 9.68. The number of pyridine rings is 1. The Morgan fingerprint density at radius 1 is 1.05 bits per heavy atom. The Kier molecular flexibility index (Phi) is 6.47. The van der Waals surface area contributed by atoms with E-state index in [1.165, 1.54) is 11.6 Å². The molecule has 0 spiro atoms. The smallest absolute Gasteiger partial charge is 0.249 e. The molecule has 2 N–H and O–H groups in total. The maximum Gasteiger partial charge on any atom is 0.249 e. The first-order valence-electron chi connectivity index (χ1n) is 12.9. The minimum Gasteiger partial charge on any atom is -0.377 e. The molecule has 0 amide bonds. The third-order valence-corrected chi connectivity index (χ3v) is 6.96. The highest BCUT2D eigenvalue weighted by molar-refractivity contribution is 5.66. The fourth-order valence-corrected chi connectivity index (χ4v) is 5.01. The Morgan fingerprint density at radius 3 is 2.71 bits per heavy atom. The van der Waals surface area contributed by atoms with Gasteiger partial charge in [-0.3, -0.25) is 4.79 Å².